The number of carboxylic acid groups (broad SMARTS) is 1. The minimum atomic E-state index is -0.819. The fourth-order valence-electron chi connectivity index (χ4n) is 2.37. The van der Waals surface area contributed by atoms with Crippen molar-refractivity contribution >= 4 is 12.0 Å². The smallest absolute Gasteiger partial charge is 0.317 e. The molecule has 0 spiro atoms. The first kappa shape index (κ1) is 15.4. The van der Waals surface area contributed by atoms with Crippen molar-refractivity contribution in [3.8, 4) is 12.3 Å². The second kappa shape index (κ2) is 6.46. The number of amides is 2. The molecule has 5 nitrogen and oxygen atoms in total. The highest BCUT2D eigenvalue weighted by atomic mass is 16.4. The van der Waals surface area contributed by atoms with Gasteiger partial charge in [0.05, 0.1) is 5.41 Å². The predicted octanol–water partition coefficient (Wildman–Crippen LogP) is 1.68. The summed E-state index contributed by atoms with van der Waals surface area (Å²) in [6.07, 6.45) is 7.55. The van der Waals surface area contributed by atoms with Gasteiger partial charge < -0.3 is 15.3 Å². The van der Waals surface area contributed by atoms with Gasteiger partial charge in [-0.3, -0.25) is 4.79 Å². The summed E-state index contributed by atoms with van der Waals surface area (Å²) >= 11 is 0. The molecule has 19 heavy (non-hydrogen) atoms. The first-order chi connectivity index (χ1) is 8.99. The van der Waals surface area contributed by atoms with E-state index >= 15 is 0 Å². The van der Waals surface area contributed by atoms with Gasteiger partial charge in [-0.1, -0.05) is 13.8 Å². The second-order valence-corrected chi connectivity index (χ2v) is 5.07. The van der Waals surface area contributed by atoms with Gasteiger partial charge in [0.2, 0.25) is 0 Å². The summed E-state index contributed by atoms with van der Waals surface area (Å²) in [6.45, 7) is 4.57. The number of carboxylic acids is 1. The van der Waals surface area contributed by atoms with Crippen molar-refractivity contribution in [2.45, 2.75) is 45.6 Å². The van der Waals surface area contributed by atoms with Crippen LogP contribution < -0.4 is 5.32 Å². The molecule has 5 heteroatoms. The number of nitrogens with one attached hydrogen (secondary N) is 1. The summed E-state index contributed by atoms with van der Waals surface area (Å²) in [5, 5.41) is 12.2. The molecule has 1 aliphatic heterocycles. The monoisotopic (exact) mass is 266 g/mol. The van der Waals surface area contributed by atoms with Gasteiger partial charge in [0.25, 0.3) is 0 Å². The fraction of sp³-hybridized carbons (Fsp3) is 0.714. The van der Waals surface area contributed by atoms with Crippen LogP contribution in [0.25, 0.3) is 0 Å². The molecule has 1 fully saturated rings. The molecule has 0 bridgehead atoms. The molecule has 106 valence electrons. The molecule has 0 aliphatic carbocycles. The topological polar surface area (TPSA) is 69.6 Å². The molecule has 1 aliphatic rings. The zero-order valence-corrected chi connectivity index (χ0v) is 11.6. The van der Waals surface area contributed by atoms with Crippen LogP contribution in [-0.4, -0.2) is 41.1 Å². The summed E-state index contributed by atoms with van der Waals surface area (Å²) in [4.78, 5) is 25.0. The molecule has 2 amide bonds. The molecule has 0 radical (unpaired) electrons. The maximum Gasteiger partial charge on any atom is 0.317 e. The Morgan fingerprint density at radius 1 is 1.53 bits per heavy atom. The molecule has 2 unspecified atom stereocenters. The fourth-order valence-corrected chi connectivity index (χ4v) is 2.37. The van der Waals surface area contributed by atoms with E-state index in [2.05, 4.69) is 11.2 Å². The third-order valence-corrected chi connectivity index (χ3v) is 3.96. The summed E-state index contributed by atoms with van der Waals surface area (Å²) in [5.74, 6) is 1.71. The van der Waals surface area contributed by atoms with Gasteiger partial charge in [-0.15, -0.1) is 12.3 Å². The average molecular weight is 266 g/mol. The van der Waals surface area contributed by atoms with E-state index in [1.165, 1.54) is 0 Å². The lowest BCUT2D eigenvalue weighted by molar-refractivity contribution is -0.148. The highest BCUT2D eigenvalue weighted by Crippen LogP contribution is 2.34. The third kappa shape index (κ3) is 3.40. The Balaban J connectivity index is 2.61. The number of carbonyl (C=O) groups excluding carboxylic acids is 1. The van der Waals surface area contributed by atoms with E-state index in [4.69, 9.17) is 6.42 Å². The van der Waals surface area contributed by atoms with E-state index < -0.39 is 11.4 Å². The average Bonchev–Trinajstić information content (AvgIpc) is 2.84. The number of hydrogen-bond acceptors (Lipinski definition) is 2. The second-order valence-electron chi connectivity index (χ2n) is 5.07. The largest absolute Gasteiger partial charge is 0.481 e. The molecule has 2 N–H and O–H groups in total. The van der Waals surface area contributed by atoms with Gasteiger partial charge in [0.1, 0.15) is 0 Å². The van der Waals surface area contributed by atoms with Crippen LogP contribution in [0.1, 0.15) is 39.5 Å². The van der Waals surface area contributed by atoms with Gasteiger partial charge in [-0.25, -0.2) is 4.79 Å². The van der Waals surface area contributed by atoms with Crippen LogP contribution in [0.5, 0.6) is 0 Å². The summed E-state index contributed by atoms with van der Waals surface area (Å²) in [6, 6.07) is -0.252. The van der Waals surface area contributed by atoms with Crippen LogP contribution in [0.4, 0.5) is 4.79 Å². The molecule has 0 saturated carbocycles. The Labute approximate surface area is 114 Å². The van der Waals surface area contributed by atoms with Crippen LogP contribution >= 0.6 is 0 Å². The molecule has 0 aromatic heterocycles. The third-order valence-electron chi connectivity index (χ3n) is 3.96. The molecule has 0 aromatic carbocycles. The number of carbonyl (C=O) groups is 2. The quantitative estimate of drug-likeness (QED) is 0.744. The predicted molar refractivity (Wildman–Crippen MR) is 72.6 cm³/mol. The Kier molecular flexibility index (Phi) is 5.22. The summed E-state index contributed by atoms with van der Waals surface area (Å²) < 4.78 is 0. The van der Waals surface area contributed by atoms with Crippen molar-refractivity contribution in [1.29, 1.82) is 0 Å². The van der Waals surface area contributed by atoms with Gasteiger partial charge in [0.15, 0.2) is 0 Å². The number of terminal acetylenes is 1. The Morgan fingerprint density at radius 3 is 2.63 bits per heavy atom. The van der Waals surface area contributed by atoms with Crippen LogP contribution in [0, 0.1) is 17.8 Å². The number of hydrogen-bond donors (Lipinski definition) is 2. The zero-order chi connectivity index (χ0) is 14.5. The van der Waals surface area contributed by atoms with Crippen molar-refractivity contribution < 1.29 is 14.7 Å². The van der Waals surface area contributed by atoms with E-state index in [1.807, 2.05) is 13.8 Å². The van der Waals surface area contributed by atoms with Crippen LogP contribution in [0.15, 0.2) is 0 Å². The van der Waals surface area contributed by atoms with Gasteiger partial charge in [-0.05, 0) is 19.3 Å². The highest BCUT2D eigenvalue weighted by Gasteiger charge is 2.44. The summed E-state index contributed by atoms with van der Waals surface area (Å²) in [7, 11) is 0. The van der Waals surface area contributed by atoms with Crippen molar-refractivity contribution in [3.05, 3.63) is 0 Å². The molecule has 1 saturated heterocycles. The van der Waals surface area contributed by atoms with E-state index in [-0.39, 0.29) is 18.6 Å². The number of aliphatic carboxylic acids is 1. The molecular formula is C14H22N2O3. The molecule has 1 rings (SSSR count). The Bertz CT molecular complexity index is 389. The van der Waals surface area contributed by atoms with E-state index in [1.54, 1.807) is 4.90 Å². The molecule has 1 heterocycles. The van der Waals surface area contributed by atoms with E-state index in [0.29, 0.717) is 25.8 Å². The van der Waals surface area contributed by atoms with Crippen LogP contribution in [0.2, 0.25) is 0 Å². The number of rotatable bonds is 5. The van der Waals surface area contributed by atoms with Gasteiger partial charge >= 0.3 is 12.0 Å². The molecule has 2 atom stereocenters. The van der Waals surface area contributed by atoms with Gasteiger partial charge in [-0.2, -0.15) is 0 Å². The van der Waals surface area contributed by atoms with E-state index in [0.717, 1.165) is 6.42 Å². The zero-order valence-electron chi connectivity index (χ0n) is 11.6. The normalized spacial score (nSPS) is 23.7. The lowest BCUT2D eigenvalue weighted by Gasteiger charge is -2.24. The van der Waals surface area contributed by atoms with Crippen molar-refractivity contribution in [2.24, 2.45) is 5.41 Å². The maximum absolute atomic E-state index is 12.1. The number of nitrogens with zero attached hydrogens (tertiary/aromatic N) is 1. The Morgan fingerprint density at radius 2 is 2.21 bits per heavy atom. The maximum atomic E-state index is 12.1. The minimum absolute atomic E-state index is 0.0426. The molecule has 0 aromatic rings. The number of urea groups is 1. The standard InChI is InChI=1S/C14H22N2O3/c1-4-7-11(5-2)15-13(19)16-9-8-14(6-3,10-16)12(17)18/h1,11H,5-10H2,2-3H3,(H,15,19)(H,17,18). The van der Waals surface area contributed by atoms with Crippen molar-refractivity contribution in [1.82, 2.24) is 10.2 Å². The van der Waals surface area contributed by atoms with Gasteiger partial charge in [0, 0.05) is 25.6 Å². The van der Waals surface area contributed by atoms with Crippen LogP contribution in [-0.2, 0) is 4.79 Å². The lowest BCUT2D eigenvalue weighted by atomic mass is 9.84. The number of likely N-dealkylation sites (tertiary alicyclic amines) is 1. The van der Waals surface area contributed by atoms with Crippen molar-refractivity contribution in [3.63, 3.8) is 0 Å². The Hall–Kier alpha value is -1.70. The first-order valence-electron chi connectivity index (χ1n) is 6.71. The minimum Gasteiger partial charge on any atom is -0.481 e. The van der Waals surface area contributed by atoms with Crippen LogP contribution in [0.3, 0.4) is 0 Å². The SMILES string of the molecule is C#CCC(CC)NC(=O)N1CCC(CC)(C(=O)O)C1. The summed E-state index contributed by atoms with van der Waals surface area (Å²) in [5.41, 5.74) is -0.787. The lowest BCUT2D eigenvalue weighted by Crippen LogP contribution is -2.45. The molecular weight excluding hydrogens is 244 g/mol. The van der Waals surface area contributed by atoms with Crippen molar-refractivity contribution in [2.75, 3.05) is 13.1 Å². The first-order valence-corrected chi connectivity index (χ1v) is 6.71. The highest BCUT2D eigenvalue weighted by molar-refractivity contribution is 5.79. The van der Waals surface area contributed by atoms with E-state index in [9.17, 15) is 14.7 Å².